The highest BCUT2D eigenvalue weighted by Gasteiger charge is 2.26. The number of benzene rings is 10. The summed E-state index contributed by atoms with van der Waals surface area (Å²) >= 11 is 0. The van der Waals surface area contributed by atoms with Crippen LogP contribution in [0.4, 0.5) is 0 Å². The molecule has 3 heterocycles. The second-order valence-corrected chi connectivity index (χ2v) is 15.8. The summed E-state index contributed by atoms with van der Waals surface area (Å²) in [5.74, 6) is 1.44. The van der Waals surface area contributed by atoms with Crippen molar-refractivity contribution in [2.75, 3.05) is 0 Å². The largest absolute Gasteiger partial charge is 0.455 e. The van der Waals surface area contributed by atoms with Crippen LogP contribution < -0.4 is 5.32 Å². The SMILES string of the molecule is c1ccc(C2=NC(c3cc4ccccc4c4oc5cc(-n6c7cc8ccccc8cc7c7ccc8ccccc8c76)ccc5c34)=NC(c3cccc4ccccc34)N2)cc1. The Morgan fingerprint density at radius 1 is 0.483 bits per heavy atom. The lowest BCUT2D eigenvalue weighted by Crippen LogP contribution is -2.33. The lowest BCUT2D eigenvalue weighted by atomic mass is 9.98. The van der Waals surface area contributed by atoms with Gasteiger partial charge in [0.25, 0.3) is 0 Å². The van der Waals surface area contributed by atoms with Crippen molar-refractivity contribution < 1.29 is 4.42 Å². The molecule has 0 amide bonds. The van der Waals surface area contributed by atoms with Crippen LogP contribution in [0, 0.1) is 0 Å². The fraction of sp³-hybridized carbons (Fsp3) is 0.0182. The summed E-state index contributed by atoms with van der Waals surface area (Å²) in [6.45, 7) is 0. The molecule has 2 aromatic heterocycles. The van der Waals surface area contributed by atoms with E-state index in [9.17, 15) is 0 Å². The lowest BCUT2D eigenvalue weighted by Gasteiger charge is -2.25. The Balaban J connectivity index is 1.08. The van der Waals surface area contributed by atoms with Gasteiger partial charge in [0.05, 0.1) is 11.0 Å². The molecule has 280 valence electrons. The number of aromatic nitrogens is 1. The maximum Gasteiger partial charge on any atom is 0.160 e. The van der Waals surface area contributed by atoms with Gasteiger partial charge in [0.1, 0.15) is 23.2 Å². The molecule has 0 spiro atoms. The minimum absolute atomic E-state index is 0.369. The topological polar surface area (TPSA) is 54.8 Å². The fourth-order valence-electron chi connectivity index (χ4n) is 9.61. The van der Waals surface area contributed by atoms with Crippen LogP contribution >= 0.6 is 0 Å². The highest BCUT2D eigenvalue weighted by Crippen LogP contribution is 2.42. The minimum Gasteiger partial charge on any atom is -0.455 e. The van der Waals surface area contributed by atoms with Crippen LogP contribution in [0.15, 0.2) is 209 Å². The van der Waals surface area contributed by atoms with Gasteiger partial charge in [0.2, 0.25) is 0 Å². The number of rotatable bonds is 4. The summed E-state index contributed by atoms with van der Waals surface area (Å²) in [6.07, 6.45) is -0.369. The summed E-state index contributed by atoms with van der Waals surface area (Å²) in [6, 6.07) is 69.1. The smallest absolute Gasteiger partial charge is 0.160 e. The molecular formula is C55H34N4O. The molecule has 60 heavy (non-hydrogen) atoms. The molecule has 1 atom stereocenters. The Hall–Kier alpha value is -8.02. The van der Waals surface area contributed by atoms with Crippen LogP contribution in [0.5, 0.6) is 0 Å². The van der Waals surface area contributed by atoms with E-state index in [2.05, 4.69) is 198 Å². The molecule has 0 saturated heterocycles. The van der Waals surface area contributed by atoms with Crippen molar-refractivity contribution in [2.45, 2.75) is 6.17 Å². The molecule has 13 rings (SSSR count). The van der Waals surface area contributed by atoms with Gasteiger partial charge in [0, 0.05) is 60.8 Å². The summed E-state index contributed by atoms with van der Waals surface area (Å²) in [4.78, 5) is 10.8. The van der Waals surface area contributed by atoms with Gasteiger partial charge in [-0.2, -0.15) is 0 Å². The number of hydrogen-bond acceptors (Lipinski definition) is 4. The number of nitrogens with one attached hydrogen (secondary N) is 1. The van der Waals surface area contributed by atoms with Crippen LogP contribution in [0.1, 0.15) is 22.9 Å². The van der Waals surface area contributed by atoms with E-state index in [0.29, 0.717) is 5.84 Å². The van der Waals surface area contributed by atoms with Crippen LogP contribution in [0.25, 0.3) is 92.5 Å². The molecule has 10 aromatic carbocycles. The second-order valence-electron chi connectivity index (χ2n) is 15.8. The van der Waals surface area contributed by atoms with Crippen LogP contribution in [-0.4, -0.2) is 16.2 Å². The quantitative estimate of drug-likeness (QED) is 0.194. The molecule has 1 aliphatic heterocycles. The zero-order chi connectivity index (χ0) is 39.3. The van der Waals surface area contributed by atoms with Crippen molar-refractivity contribution >= 4 is 98.5 Å². The average molecular weight is 767 g/mol. The first-order chi connectivity index (χ1) is 29.7. The van der Waals surface area contributed by atoms with Gasteiger partial charge in [-0.25, -0.2) is 9.98 Å². The van der Waals surface area contributed by atoms with Crippen molar-refractivity contribution in [1.29, 1.82) is 0 Å². The van der Waals surface area contributed by atoms with E-state index in [0.717, 1.165) is 71.8 Å². The molecule has 0 radical (unpaired) electrons. The van der Waals surface area contributed by atoms with Crippen LogP contribution in [0.3, 0.4) is 0 Å². The molecule has 12 aromatic rings. The molecule has 1 aliphatic rings. The minimum atomic E-state index is -0.369. The predicted octanol–water partition coefficient (Wildman–Crippen LogP) is 13.8. The summed E-state index contributed by atoms with van der Waals surface area (Å²) in [7, 11) is 0. The lowest BCUT2D eigenvalue weighted by molar-refractivity contribution is 0.672. The molecule has 0 saturated carbocycles. The van der Waals surface area contributed by atoms with E-state index in [-0.39, 0.29) is 6.17 Å². The van der Waals surface area contributed by atoms with Gasteiger partial charge in [-0.05, 0) is 62.6 Å². The highest BCUT2D eigenvalue weighted by atomic mass is 16.3. The zero-order valence-corrected chi connectivity index (χ0v) is 32.3. The molecule has 1 N–H and O–H groups in total. The molecule has 1 unspecified atom stereocenters. The maximum atomic E-state index is 7.07. The summed E-state index contributed by atoms with van der Waals surface area (Å²) < 4.78 is 9.49. The Morgan fingerprint density at radius 2 is 1.15 bits per heavy atom. The first-order valence-electron chi connectivity index (χ1n) is 20.4. The van der Waals surface area contributed by atoms with Gasteiger partial charge >= 0.3 is 0 Å². The average Bonchev–Trinajstić information content (AvgIpc) is 3.86. The summed E-state index contributed by atoms with van der Waals surface area (Å²) in [5.41, 5.74) is 8.05. The fourth-order valence-corrected chi connectivity index (χ4v) is 9.61. The number of amidine groups is 2. The van der Waals surface area contributed by atoms with Gasteiger partial charge in [-0.1, -0.05) is 158 Å². The predicted molar refractivity (Wildman–Crippen MR) is 250 cm³/mol. The van der Waals surface area contributed by atoms with Crippen molar-refractivity contribution in [1.82, 2.24) is 9.88 Å². The summed E-state index contributed by atoms with van der Waals surface area (Å²) in [5, 5.41) is 17.5. The third-order valence-corrected chi connectivity index (χ3v) is 12.4. The first-order valence-corrected chi connectivity index (χ1v) is 20.4. The molecule has 0 fully saturated rings. The molecule has 0 bridgehead atoms. The first kappa shape index (κ1) is 33.0. The van der Waals surface area contributed by atoms with Gasteiger partial charge < -0.3 is 14.3 Å². The van der Waals surface area contributed by atoms with Crippen molar-refractivity contribution in [3.8, 4) is 5.69 Å². The number of hydrogen-bond donors (Lipinski definition) is 1. The van der Waals surface area contributed by atoms with Crippen LogP contribution in [-0.2, 0) is 0 Å². The Morgan fingerprint density at radius 3 is 1.98 bits per heavy atom. The monoisotopic (exact) mass is 766 g/mol. The molecular weight excluding hydrogens is 733 g/mol. The van der Waals surface area contributed by atoms with Gasteiger partial charge in [0.15, 0.2) is 5.84 Å². The molecule has 5 heteroatoms. The van der Waals surface area contributed by atoms with Crippen molar-refractivity contribution in [3.05, 3.63) is 211 Å². The second kappa shape index (κ2) is 12.7. The standard InChI is InChI=1S/C55H34N4O/c1-2-15-35(16-3-1)53-56-54(44-24-12-20-33-13-6-9-21-40(33)44)58-55(57-53)47-30-38-19-8-11-23-42(38)52-50(47)45-28-26-39(32-49(45)60-52)59-48-31-37-18-5-4-17-36(37)29-46(48)43-27-25-34-14-7-10-22-41(34)51(43)59/h1-32,54H,(H,56,57,58). The zero-order valence-electron chi connectivity index (χ0n) is 32.3. The number of aliphatic imine (C=N–C) groups is 2. The van der Waals surface area contributed by atoms with E-state index in [1.165, 1.54) is 43.2 Å². The third kappa shape index (κ3) is 4.93. The maximum absolute atomic E-state index is 7.07. The van der Waals surface area contributed by atoms with Gasteiger partial charge in [-0.15, -0.1) is 0 Å². The Kier molecular flexibility index (Phi) is 7.01. The van der Waals surface area contributed by atoms with E-state index in [4.69, 9.17) is 14.4 Å². The van der Waals surface area contributed by atoms with Crippen molar-refractivity contribution in [3.63, 3.8) is 0 Å². The number of furan rings is 1. The molecule has 5 nitrogen and oxygen atoms in total. The van der Waals surface area contributed by atoms with E-state index in [1.54, 1.807) is 0 Å². The van der Waals surface area contributed by atoms with Crippen molar-refractivity contribution in [2.24, 2.45) is 9.98 Å². The Labute approximate surface area is 344 Å². The van der Waals surface area contributed by atoms with E-state index < -0.39 is 0 Å². The van der Waals surface area contributed by atoms with E-state index >= 15 is 0 Å². The van der Waals surface area contributed by atoms with E-state index in [1.807, 2.05) is 6.07 Å². The molecule has 0 aliphatic carbocycles. The highest BCUT2D eigenvalue weighted by molar-refractivity contribution is 6.27. The number of fused-ring (bicyclic) bond motifs is 12. The van der Waals surface area contributed by atoms with Gasteiger partial charge in [-0.3, -0.25) is 0 Å². The normalized spacial score (nSPS) is 14.5. The Bertz CT molecular complexity index is 3810. The third-order valence-electron chi connectivity index (χ3n) is 12.4. The van der Waals surface area contributed by atoms with Crippen LogP contribution in [0.2, 0.25) is 0 Å². The number of nitrogens with zero attached hydrogens (tertiary/aromatic N) is 3.